The van der Waals surface area contributed by atoms with Crippen molar-refractivity contribution in [2.45, 2.75) is 19.8 Å². The van der Waals surface area contributed by atoms with E-state index in [0.717, 1.165) is 5.56 Å². The summed E-state index contributed by atoms with van der Waals surface area (Å²) in [7, 11) is -1.53. The molecule has 0 atom stereocenters. The Balaban J connectivity index is 2.07. The second kappa shape index (κ2) is 5.80. The molecule has 1 aromatic carbocycles. The number of hydrogen-bond acceptors (Lipinski definition) is 4. The molecule has 0 saturated carbocycles. The Morgan fingerprint density at radius 1 is 1.35 bits per heavy atom. The molecule has 20 heavy (non-hydrogen) atoms. The zero-order valence-electron chi connectivity index (χ0n) is 11.5. The lowest BCUT2D eigenvalue weighted by Gasteiger charge is -2.05. The average molecular weight is 298 g/mol. The van der Waals surface area contributed by atoms with Crippen LogP contribution >= 0.6 is 0 Å². The molecule has 0 aliphatic rings. The Hall–Kier alpha value is -1.60. The zero-order valence-corrected chi connectivity index (χ0v) is 12.4. The van der Waals surface area contributed by atoms with Crippen molar-refractivity contribution in [3.63, 3.8) is 0 Å². The first-order chi connectivity index (χ1) is 9.43. The monoisotopic (exact) mass is 298 g/mol. The van der Waals surface area contributed by atoms with Gasteiger partial charge in [0.2, 0.25) is 10.0 Å². The number of hydrogen-bond donors (Lipinski definition) is 1. The van der Waals surface area contributed by atoms with Crippen LogP contribution in [0.5, 0.6) is 0 Å². The number of nitrogens with one attached hydrogen (secondary N) is 1. The van der Waals surface area contributed by atoms with Gasteiger partial charge < -0.3 is 4.42 Å². The SMILES string of the molecule is CCCS(=O)(=O)NCCc1ccc2oc(=O)n(C)c2c1. The standard InChI is InChI=1S/C13H18N2O4S/c1-3-8-20(17,18)14-7-6-10-4-5-12-11(9-10)15(2)13(16)19-12/h4-5,9,14H,3,6-8H2,1-2H3. The number of aryl methyl sites for hydroxylation is 1. The zero-order chi connectivity index (χ0) is 14.8. The molecule has 0 radical (unpaired) electrons. The van der Waals surface area contributed by atoms with Crippen LogP contribution in [0.3, 0.4) is 0 Å². The van der Waals surface area contributed by atoms with Crippen LogP contribution in [0.25, 0.3) is 11.1 Å². The van der Waals surface area contributed by atoms with Crippen LogP contribution in [-0.2, 0) is 23.5 Å². The van der Waals surface area contributed by atoms with Crippen molar-refractivity contribution >= 4 is 21.1 Å². The second-order valence-corrected chi connectivity index (χ2v) is 6.62. The van der Waals surface area contributed by atoms with Crippen molar-refractivity contribution in [2.24, 2.45) is 7.05 Å². The summed E-state index contributed by atoms with van der Waals surface area (Å²) in [6.07, 6.45) is 1.16. The first-order valence-corrected chi connectivity index (χ1v) is 8.14. The van der Waals surface area contributed by atoms with Gasteiger partial charge in [-0.2, -0.15) is 0 Å². The first kappa shape index (κ1) is 14.8. The number of benzene rings is 1. The molecule has 0 spiro atoms. The van der Waals surface area contributed by atoms with E-state index >= 15 is 0 Å². The van der Waals surface area contributed by atoms with E-state index in [1.165, 1.54) is 4.57 Å². The topological polar surface area (TPSA) is 81.3 Å². The lowest BCUT2D eigenvalue weighted by molar-refractivity contribution is 0.528. The molecule has 110 valence electrons. The van der Waals surface area contributed by atoms with Crippen LogP contribution in [0.2, 0.25) is 0 Å². The molecule has 1 N–H and O–H groups in total. The summed E-state index contributed by atoms with van der Waals surface area (Å²) in [5, 5.41) is 0. The van der Waals surface area contributed by atoms with E-state index in [9.17, 15) is 13.2 Å². The van der Waals surface area contributed by atoms with Gasteiger partial charge >= 0.3 is 5.76 Å². The van der Waals surface area contributed by atoms with Gasteiger partial charge in [-0.1, -0.05) is 13.0 Å². The van der Waals surface area contributed by atoms with Crippen molar-refractivity contribution in [2.75, 3.05) is 12.3 Å². The lowest BCUT2D eigenvalue weighted by atomic mass is 10.1. The minimum atomic E-state index is -3.17. The maximum absolute atomic E-state index is 11.5. The van der Waals surface area contributed by atoms with E-state index in [1.54, 1.807) is 13.1 Å². The van der Waals surface area contributed by atoms with Crippen molar-refractivity contribution in [1.29, 1.82) is 0 Å². The molecule has 0 saturated heterocycles. The van der Waals surface area contributed by atoms with E-state index in [1.807, 2.05) is 19.1 Å². The molecule has 2 aromatic rings. The molecule has 0 fully saturated rings. The average Bonchev–Trinajstić information content (AvgIpc) is 2.65. The third-order valence-electron chi connectivity index (χ3n) is 3.06. The molecule has 2 rings (SSSR count). The predicted molar refractivity (Wildman–Crippen MR) is 77.2 cm³/mol. The number of aromatic nitrogens is 1. The summed E-state index contributed by atoms with van der Waals surface area (Å²) in [4.78, 5) is 11.4. The molecule has 0 amide bonds. The van der Waals surface area contributed by atoms with Gasteiger partial charge in [0, 0.05) is 13.6 Å². The summed E-state index contributed by atoms with van der Waals surface area (Å²) in [5.41, 5.74) is 2.20. The Morgan fingerprint density at radius 2 is 2.10 bits per heavy atom. The molecule has 0 aliphatic carbocycles. The van der Waals surface area contributed by atoms with Crippen LogP contribution in [0, 0.1) is 0 Å². The Labute approximate surface area is 117 Å². The number of oxazole rings is 1. The first-order valence-electron chi connectivity index (χ1n) is 6.49. The fourth-order valence-corrected chi connectivity index (χ4v) is 3.11. The molecule has 0 unspecified atom stereocenters. The largest absolute Gasteiger partial charge is 0.419 e. The Kier molecular flexibility index (Phi) is 4.29. The highest BCUT2D eigenvalue weighted by Crippen LogP contribution is 2.14. The molecule has 6 nitrogen and oxygen atoms in total. The van der Waals surface area contributed by atoms with Crippen molar-refractivity contribution < 1.29 is 12.8 Å². The van der Waals surface area contributed by atoms with Crippen molar-refractivity contribution in [3.05, 3.63) is 34.3 Å². The molecule has 1 aromatic heterocycles. The van der Waals surface area contributed by atoms with Gasteiger partial charge in [0.05, 0.1) is 11.3 Å². The van der Waals surface area contributed by atoms with Gasteiger partial charge in [0.25, 0.3) is 0 Å². The summed E-state index contributed by atoms with van der Waals surface area (Å²) in [5.74, 6) is -0.261. The maximum Gasteiger partial charge on any atom is 0.419 e. The molecule has 0 aliphatic heterocycles. The highest BCUT2D eigenvalue weighted by molar-refractivity contribution is 7.89. The minimum absolute atomic E-state index is 0.141. The normalized spacial score (nSPS) is 12.1. The number of nitrogens with zero attached hydrogens (tertiary/aromatic N) is 1. The third kappa shape index (κ3) is 3.29. The van der Waals surface area contributed by atoms with E-state index in [4.69, 9.17) is 4.42 Å². The molecule has 0 bridgehead atoms. The Bertz CT molecular complexity index is 758. The van der Waals surface area contributed by atoms with Gasteiger partial charge in [-0.3, -0.25) is 4.57 Å². The van der Waals surface area contributed by atoms with Gasteiger partial charge in [-0.25, -0.2) is 17.9 Å². The van der Waals surface area contributed by atoms with Gasteiger partial charge in [0.15, 0.2) is 5.58 Å². The van der Waals surface area contributed by atoms with E-state index in [-0.39, 0.29) is 5.75 Å². The fraction of sp³-hybridized carbons (Fsp3) is 0.462. The molecule has 1 heterocycles. The number of rotatable bonds is 6. The number of sulfonamides is 1. The van der Waals surface area contributed by atoms with Gasteiger partial charge in [0.1, 0.15) is 0 Å². The second-order valence-electron chi connectivity index (χ2n) is 4.69. The smallest absolute Gasteiger partial charge is 0.408 e. The summed E-state index contributed by atoms with van der Waals surface area (Å²) in [6.45, 7) is 2.17. The Morgan fingerprint density at radius 3 is 2.80 bits per heavy atom. The highest BCUT2D eigenvalue weighted by atomic mass is 32.2. The maximum atomic E-state index is 11.5. The van der Waals surface area contributed by atoms with Crippen LogP contribution in [-0.4, -0.2) is 25.3 Å². The molecular weight excluding hydrogens is 280 g/mol. The lowest BCUT2D eigenvalue weighted by Crippen LogP contribution is -2.28. The van der Waals surface area contributed by atoms with Crippen LogP contribution in [0.1, 0.15) is 18.9 Å². The van der Waals surface area contributed by atoms with E-state index in [2.05, 4.69) is 4.72 Å². The van der Waals surface area contributed by atoms with E-state index < -0.39 is 15.8 Å². The molecule has 7 heteroatoms. The van der Waals surface area contributed by atoms with Crippen molar-refractivity contribution in [1.82, 2.24) is 9.29 Å². The minimum Gasteiger partial charge on any atom is -0.408 e. The quantitative estimate of drug-likeness (QED) is 0.862. The molecular formula is C13H18N2O4S. The van der Waals surface area contributed by atoms with Gasteiger partial charge in [-0.15, -0.1) is 0 Å². The highest BCUT2D eigenvalue weighted by Gasteiger charge is 2.09. The predicted octanol–water partition coefficient (Wildman–Crippen LogP) is 1.00. The van der Waals surface area contributed by atoms with Crippen molar-refractivity contribution in [3.8, 4) is 0 Å². The van der Waals surface area contributed by atoms with Crippen LogP contribution < -0.4 is 10.5 Å². The number of fused-ring (bicyclic) bond motifs is 1. The summed E-state index contributed by atoms with van der Waals surface area (Å²) in [6, 6.07) is 5.40. The summed E-state index contributed by atoms with van der Waals surface area (Å²) >= 11 is 0. The fourth-order valence-electron chi connectivity index (χ4n) is 2.02. The van der Waals surface area contributed by atoms with Gasteiger partial charge in [-0.05, 0) is 30.5 Å². The van der Waals surface area contributed by atoms with Crippen LogP contribution in [0.15, 0.2) is 27.4 Å². The third-order valence-corrected chi connectivity index (χ3v) is 4.65. The van der Waals surface area contributed by atoms with Crippen LogP contribution in [0.4, 0.5) is 0 Å². The van der Waals surface area contributed by atoms with E-state index in [0.29, 0.717) is 30.5 Å². The summed E-state index contributed by atoms with van der Waals surface area (Å²) < 4.78 is 32.1.